The lowest BCUT2D eigenvalue weighted by molar-refractivity contribution is -0.108. The Hall–Kier alpha value is -1.03. The first-order valence-electron chi connectivity index (χ1n) is 4.47. The smallest absolute Gasteiger partial charge is 0.120 e. The third-order valence-corrected chi connectivity index (χ3v) is 2.13. The minimum absolute atomic E-state index is 0.329. The number of carbonyl (C=O) groups is 1. The molecule has 0 spiro atoms. The molecule has 1 heteroatoms. The van der Waals surface area contributed by atoms with E-state index >= 15 is 0 Å². The Morgan fingerprint density at radius 1 is 1.67 bits per heavy atom. The van der Waals surface area contributed by atoms with Crippen molar-refractivity contribution in [1.82, 2.24) is 0 Å². The monoisotopic (exact) mass is 162 g/mol. The van der Waals surface area contributed by atoms with E-state index in [1.165, 1.54) is 0 Å². The van der Waals surface area contributed by atoms with Gasteiger partial charge >= 0.3 is 0 Å². The van der Waals surface area contributed by atoms with E-state index in [1.807, 2.05) is 6.92 Å². The molecule has 0 heterocycles. The molecule has 0 radical (unpaired) electrons. The van der Waals surface area contributed by atoms with Gasteiger partial charge in [-0.1, -0.05) is 25.0 Å². The summed E-state index contributed by atoms with van der Waals surface area (Å²) in [5, 5.41) is 0. The molecule has 0 saturated heterocycles. The molecule has 0 aromatic rings. The molecule has 0 unspecified atom stereocenters. The van der Waals surface area contributed by atoms with Crippen molar-refractivity contribution in [3.05, 3.63) is 12.2 Å². The van der Waals surface area contributed by atoms with Gasteiger partial charge in [0.1, 0.15) is 6.29 Å². The predicted molar refractivity (Wildman–Crippen MR) is 49.5 cm³/mol. The van der Waals surface area contributed by atoms with Gasteiger partial charge in [0, 0.05) is 18.8 Å². The molecule has 0 amide bonds. The maximum atomic E-state index is 10.3. The van der Waals surface area contributed by atoms with Crippen molar-refractivity contribution in [2.75, 3.05) is 0 Å². The molecule has 2 atom stereocenters. The van der Waals surface area contributed by atoms with Gasteiger partial charge in [-0.15, -0.1) is 5.92 Å². The molecule has 0 saturated carbocycles. The Balaban J connectivity index is 2.50. The van der Waals surface area contributed by atoms with Crippen molar-refractivity contribution in [2.24, 2.45) is 11.8 Å². The van der Waals surface area contributed by atoms with Gasteiger partial charge in [0.15, 0.2) is 0 Å². The van der Waals surface area contributed by atoms with Crippen LogP contribution in [0.2, 0.25) is 0 Å². The molecule has 64 valence electrons. The number of aldehydes is 1. The van der Waals surface area contributed by atoms with Crippen LogP contribution in [-0.2, 0) is 4.79 Å². The molecule has 1 rings (SSSR count). The summed E-state index contributed by atoms with van der Waals surface area (Å²) >= 11 is 0. The second-order valence-corrected chi connectivity index (χ2v) is 3.03. The second-order valence-electron chi connectivity index (χ2n) is 3.03. The minimum Gasteiger partial charge on any atom is -0.303 e. The van der Waals surface area contributed by atoms with Crippen LogP contribution in [0.1, 0.15) is 26.2 Å². The summed E-state index contributed by atoms with van der Waals surface area (Å²) in [6.45, 7) is 2.04. The predicted octanol–water partition coefficient (Wildman–Crippen LogP) is 2.18. The lowest BCUT2D eigenvalue weighted by Crippen LogP contribution is -2.06. The van der Waals surface area contributed by atoms with Crippen LogP contribution < -0.4 is 0 Å². The third-order valence-electron chi connectivity index (χ3n) is 2.13. The van der Waals surface area contributed by atoms with Gasteiger partial charge in [-0.25, -0.2) is 0 Å². The summed E-state index contributed by atoms with van der Waals surface area (Å²) in [6, 6.07) is 0. The summed E-state index contributed by atoms with van der Waals surface area (Å²) in [7, 11) is 0. The first-order chi connectivity index (χ1) is 5.88. The zero-order chi connectivity index (χ0) is 8.81. The summed E-state index contributed by atoms with van der Waals surface area (Å²) in [5.74, 6) is 7.01. The highest BCUT2D eigenvalue weighted by Crippen LogP contribution is 2.26. The third kappa shape index (κ3) is 2.23. The number of carbonyl (C=O) groups excluding carboxylic acids is 1. The molecule has 0 aromatic heterocycles. The second kappa shape index (κ2) is 4.77. The Bertz CT molecular complexity index is 229. The number of allylic oxidation sites excluding steroid dienone is 2. The van der Waals surface area contributed by atoms with Crippen molar-refractivity contribution in [1.29, 1.82) is 0 Å². The topological polar surface area (TPSA) is 17.1 Å². The highest BCUT2D eigenvalue weighted by Gasteiger charge is 2.19. The van der Waals surface area contributed by atoms with Crippen LogP contribution in [0.5, 0.6) is 0 Å². The van der Waals surface area contributed by atoms with Crippen LogP contribution in [-0.4, -0.2) is 6.29 Å². The fourth-order valence-corrected chi connectivity index (χ4v) is 1.46. The van der Waals surface area contributed by atoms with Gasteiger partial charge in [0.25, 0.3) is 0 Å². The molecule has 1 nitrogen and oxygen atoms in total. The van der Waals surface area contributed by atoms with E-state index in [0.29, 0.717) is 18.3 Å². The Morgan fingerprint density at radius 2 is 2.50 bits per heavy atom. The molecular weight excluding hydrogens is 148 g/mol. The summed E-state index contributed by atoms with van der Waals surface area (Å²) in [4.78, 5) is 10.3. The minimum atomic E-state index is 0.329. The Labute approximate surface area is 73.9 Å². The van der Waals surface area contributed by atoms with Crippen LogP contribution in [0.15, 0.2) is 12.2 Å². The maximum absolute atomic E-state index is 10.3. The van der Waals surface area contributed by atoms with E-state index < -0.39 is 0 Å². The summed E-state index contributed by atoms with van der Waals surface area (Å²) in [5.41, 5.74) is 0. The molecule has 0 bridgehead atoms. The van der Waals surface area contributed by atoms with Crippen molar-refractivity contribution in [3.63, 3.8) is 0 Å². The largest absolute Gasteiger partial charge is 0.303 e. The normalized spacial score (nSPS) is 26.4. The number of hydrogen-bond donors (Lipinski definition) is 0. The SMILES string of the molecule is CCC#C[C@@H]1C=CC[C@@H]1CC=O. The lowest BCUT2D eigenvalue weighted by Gasteiger charge is -2.09. The molecule has 1 aliphatic carbocycles. The maximum Gasteiger partial charge on any atom is 0.120 e. The number of hydrogen-bond acceptors (Lipinski definition) is 1. The van der Waals surface area contributed by atoms with E-state index in [0.717, 1.165) is 19.1 Å². The quantitative estimate of drug-likeness (QED) is 0.345. The molecule has 0 aromatic carbocycles. The van der Waals surface area contributed by atoms with Gasteiger partial charge in [0.2, 0.25) is 0 Å². The molecular formula is C11H14O. The van der Waals surface area contributed by atoms with Crippen molar-refractivity contribution < 1.29 is 4.79 Å². The van der Waals surface area contributed by atoms with Crippen LogP contribution in [0, 0.1) is 23.7 Å². The van der Waals surface area contributed by atoms with E-state index in [9.17, 15) is 4.79 Å². The fraction of sp³-hybridized carbons (Fsp3) is 0.545. The van der Waals surface area contributed by atoms with Crippen molar-refractivity contribution >= 4 is 6.29 Å². The van der Waals surface area contributed by atoms with E-state index in [4.69, 9.17) is 0 Å². The van der Waals surface area contributed by atoms with E-state index in [2.05, 4.69) is 24.0 Å². The average molecular weight is 162 g/mol. The number of rotatable bonds is 2. The molecule has 0 fully saturated rings. The first kappa shape index (κ1) is 9.06. The van der Waals surface area contributed by atoms with Crippen LogP contribution in [0.25, 0.3) is 0 Å². The van der Waals surface area contributed by atoms with Crippen LogP contribution in [0.4, 0.5) is 0 Å². The Kier molecular flexibility index (Phi) is 3.60. The van der Waals surface area contributed by atoms with Crippen LogP contribution >= 0.6 is 0 Å². The van der Waals surface area contributed by atoms with E-state index in [1.54, 1.807) is 0 Å². The molecule has 0 N–H and O–H groups in total. The molecule has 1 aliphatic rings. The highest BCUT2D eigenvalue weighted by molar-refractivity contribution is 5.50. The molecule has 0 aliphatic heterocycles. The zero-order valence-electron chi connectivity index (χ0n) is 7.42. The molecule has 12 heavy (non-hydrogen) atoms. The van der Waals surface area contributed by atoms with Crippen molar-refractivity contribution in [3.8, 4) is 11.8 Å². The van der Waals surface area contributed by atoms with E-state index in [-0.39, 0.29) is 0 Å². The lowest BCUT2D eigenvalue weighted by atomic mass is 9.93. The standard InChI is InChI=1S/C11H14O/c1-2-3-5-10-6-4-7-11(10)8-9-12/h4,6,9-11H,2,7-8H2,1H3/t10-,11-/m1/s1. The van der Waals surface area contributed by atoms with Gasteiger partial charge in [-0.2, -0.15) is 0 Å². The Morgan fingerprint density at radius 3 is 3.17 bits per heavy atom. The van der Waals surface area contributed by atoms with Gasteiger partial charge in [-0.3, -0.25) is 0 Å². The van der Waals surface area contributed by atoms with Gasteiger partial charge in [-0.05, 0) is 12.3 Å². The average Bonchev–Trinajstić information content (AvgIpc) is 2.50. The van der Waals surface area contributed by atoms with Crippen molar-refractivity contribution in [2.45, 2.75) is 26.2 Å². The van der Waals surface area contributed by atoms with Gasteiger partial charge in [0.05, 0.1) is 0 Å². The highest BCUT2D eigenvalue weighted by atomic mass is 16.1. The van der Waals surface area contributed by atoms with Gasteiger partial charge < -0.3 is 4.79 Å². The fourth-order valence-electron chi connectivity index (χ4n) is 1.46. The summed E-state index contributed by atoms with van der Waals surface area (Å²) < 4.78 is 0. The zero-order valence-corrected chi connectivity index (χ0v) is 7.42. The van der Waals surface area contributed by atoms with Crippen LogP contribution in [0.3, 0.4) is 0 Å². The first-order valence-corrected chi connectivity index (χ1v) is 4.47. The summed E-state index contributed by atoms with van der Waals surface area (Å²) in [6.07, 6.45) is 7.81.